The lowest BCUT2D eigenvalue weighted by Gasteiger charge is -2.16. The summed E-state index contributed by atoms with van der Waals surface area (Å²) in [5.74, 6) is 0.236. The molecule has 0 radical (unpaired) electrons. The first-order valence-corrected chi connectivity index (χ1v) is 11.5. The van der Waals surface area contributed by atoms with E-state index in [1.165, 1.54) is 48.7 Å². The summed E-state index contributed by atoms with van der Waals surface area (Å²) in [6.07, 6.45) is 4.04. The molecular formula is C21H27N5O5S. The Labute approximate surface area is 187 Å². The van der Waals surface area contributed by atoms with Gasteiger partial charge in [0, 0.05) is 38.1 Å². The normalized spacial score (nSPS) is 12.2. The summed E-state index contributed by atoms with van der Waals surface area (Å²) in [7, 11) is -0.0724. The number of nitrogens with one attached hydrogen (secondary N) is 4. The maximum absolute atomic E-state index is 12.6. The lowest BCUT2D eigenvalue weighted by Crippen LogP contribution is -2.29. The summed E-state index contributed by atoms with van der Waals surface area (Å²) in [5, 5.41) is 16.1. The molecule has 1 aromatic carbocycles. The van der Waals surface area contributed by atoms with Crippen LogP contribution in [0, 0.1) is 5.41 Å². The van der Waals surface area contributed by atoms with Crippen molar-refractivity contribution < 1.29 is 22.7 Å². The van der Waals surface area contributed by atoms with E-state index >= 15 is 0 Å². The topological polar surface area (TPSA) is 142 Å². The minimum Gasteiger partial charge on any atom is -0.439 e. The number of methoxy groups -OCH3 is 1. The van der Waals surface area contributed by atoms with Crippen LogP contribution < -0.4 is 20.7 Å². The van der Waals surface area contributed by atoms with E-state index in [4.69, 9.17) is 14.9 Å². The minimum absolute atomic E-state index is 0.0930. The highest BCUT2D eigenvalue weighted by molar-refractivity contribution is 7.90. The monoisotopic (exact) mass is 461 g/mol. The maximum atomic E-state index is 12.6. The van der Waals surface area contributed by atoms with Gasteiger partial charge in [0.05, 0.1) is 11.5 Å². The molecule has 32 heavy (non-hydrogen) atoms. The molecule has 0 fully saturated rings. The van der Waals surface area contributed by atoms with Gasteiger partial charge in [-0.1, -0.05) is 0 Å². The third kappa shape index (κ3) is 7.67. The Bertz CT molecular complexity index is 1080. The molecule has 0 spiro atoms. The van der Waals surface area contributed by atoms with Gasteiger partial charge in [-0.05, 0) is 49.5 Å². The molecule has 1 aromatic heterocycles. The van der Waals surface area contributed by atoms with Crippen LogP contribution in [0.1, 0.15) is 17.3 Å². The number of nitrogens with zero attached hydrogens (tertiary/aromatic N) is 1. The van der Waals surface area contributed by atoms with Crippen LogP contribution in [0.4, 0.5) is 5.82 Å². The molecule has 0 aliphatic rings. The number of pyridine rings is 1. The quantitative estimate of drug-likeness (QED) is 0.311. The number of anilines is 1. The Morgan fingerprint density at radius 2 is 1.94 bits per heavy atom. The van der Waals surface area contributed by atoms with E-state index in [0.29, 0.717) is 18.2 Å². The third-order valence-corrected chi connectivity index (χ3v) is 5.14. The van der Waals surface area contributed by atoms with Crippen molar-refractivity contribution in [2.45, 2.75) is 17.9 Å². The number of hydrogen-bond donors (Lipinski definition) is 4. The van der Waals surface area contributed by atoms with Crippen LogP contribution in [0.15, 0.2) is 53.6 Å². The van der Waals surface area contributed by atoms with Gasteiger partial charge in [0.2, 0.25) is 5.88 Å². The van der Waals surface area contributed by atoms with Crippen LogP contribution in [0.3, 0.4) is 0 Å². The van der Waals surface area contributed by atoms with Crippen LogP contribution in [-0.4, -0.2) is 58.2 Å². The van der Waals surface area contributed by atoms with Gasteiger partial charge in [0.1, 0.15) is 17.4 Å². The first-order chi connectivity index (χ1) is 15.1. The summed E-state index contributed by atoms with van der Waals surface area (Å²) >= 11 is 0. The van der Waals surface area contributed by atoms with Crippen molar-refractivity contribution in [2.24, 2.45) is 0 Å². The summed E-state index contributed by atoms with van der Waals surface area (Å²) in [6.45, 7) is 2.31. The van der Waals surface area contributed by atoms with Gasteiger partial charge in [-0.15, -0.1) is 0 Å². The lowest BCUT2D eigenvalue weighted by atomic mass is 10.2. The number of aromatic nitrogens is 1. The Morgan fingerprint density at radius 1 is 1.25 bits per heavy atom. The minimum atomic E-state index is -3.33. The zero-order valence-electron chi connectivity index (χ0n) is 18.3. The molecule has 4 N–H and O–H groups in total. The number of carbonyl (C=O) groups is 1. The highest BCUT2D eigenvalue weighted by atomic mass is 32.2. The van der Waals surface area contributed by atoms with Crippen LogP contribution in [0.5, 0.6) is 11.6 Å². The SMILES string of the molecule is CN/C=C\C(=N)NC(=O)c1cc(NC(C)COC)nc(Oc2ccc(S(C)(=O)=O)cc2)c1. The van der Waals surface area contributed by atoms with E-state index in [0.717, 1.165) is 6.26 Å². The molecule has 0 bridgehead atoms. The Balaban J connectivity index is 2.31. The van der Waals surface area contributed by atoms with Gasteiger partial charge in [-0.2, -0.15) is 4.98 Å². The maximum Gasteiger partial charge on any atom is 0.257 e. The summed E-state index contributed by atoms with van der Waals surface area (Å²) in [6, 6.07) is 8.74. The number of carbonyl (C=O) groups excluding carboxylic acids is 1. The van der Waals surface area contributed by atoms with Gasteiger partial charge in [0.15, 0.2) is 9.84 Å². The number of benzene rings is 1. The molecule has 1 amide bonds. The van der Waals surface area contributed by atoms with Crippen LogP contribution in [0.25, 0.3) is 0 Å². The van der Waals surface area contributed by atoms with Crippen molar-refractivity contribution >= 4 is 27.4 Å². The molecule has 1 atom stereocenters. The number of rotatable bonds is 10. The molecule has 0 aliphatic heterocycles. The third-order valence-electron chi connectivity index (χ3n) is 4.01. The molecule has 1 unspecified atom stereocenters. The average Bonchev–Trinajstić information content (AvgIpc) is 2.72. The van der Waals surface area contributed by atoms with Crippen molar-refractivity contribution in [1.29, 1.82) is 5.41 Å². The first kappa shape index (κ1) is 24.8. The predicted octanol–water partition coefficient (Wildman–Crippen LogP) is 2.16. The zero-order valence-corrected chi connectivity index (χ0v) is 19.1. The van der Waals surface area contributed by atoms with Gasteiger partial charge >= 0.3 is 0 Å². The second-order valence-corrected chi connectivity index (χ2v) is 8.93. The molecule has 0 aliphatic carbocycles. The fraction of sp³-hybridized carbons (Fsp3) is 0.286. The van der Waals surface area contributed by atoms with Gasteiger partial charge in [-0.25, -0.2) is 8.42 Å². The fourth-order valence-corrected chi connectivity index (χ4v) is 3.22. The molecule has 2 rings (SSSR count). The second kappa shape index (κ2) is 11.3. The van der Waals surface area contributed by atoms with Crippen LogP contribution in [-0.2, 0) is 14.6 Å². The molecule has 2 aromatic rings. The molecule has 0 saturated carbocycles. The summed E-state index contributed by atoms with van der Waals surface area (Å²) < 4.78 is 34.1. The van der Waals surface area contributed by atoms with E-state index in [2.05, 4.69) is 20.9 Å². The second-order valence-electron chi connectivity index (χ2n) is 6.92. The van der Waals surface area contributed by atoms with E-state index < -0.39 is 15.7 Å². The predicted molar refractivity (Wildman–Crippen MR) is 122 cm³/mol. The number of amides is 1. The molecular weight excluding hydrogens is 434 g/mol. The highest BCUT2D eigenvalue weighted by Crippen LogP contribution is 2.24. The Morgan fingerprint density at radius 3 is 2.53 bits per heavy atom. The van der Waals surface area contributed by atoms with Crippen molar-refractivity contribution in [2.75, 3.05) is 32.3 Å². The van der Waals surface area contributed by atoms with E-state index in [1.54, 1.807) is 14.2 Å². The largest absolute Gasteiger partial charge is 0.439 e. The fourth-order valence-electron chi connectivity index (χ4n) is 2.59. The molecule has 10 nitrogen and oxygen atoms in total. The van der Waals surface area contributed by atoms with Gasteiger partial charge in [0.25, 0.3) is 5.91 Å². The van der Waals surface area contributed by atoms with E-state index in [9.17, 15) is 13.2 Å². The molecule has 11 heteroatoms. The summed E-state index contributed by atoms with van der Waals surface area (Å²) in [4.78, 5) is 17.2. The van der Waals surface area contributed by atoms with Crippen molar-refractivity contribution in [3.05, 3.63) is 54.2 Å². The number of hydrogen-bond acceptors (Lipinski definition) is 9. The average molecular weight is 462 g/mol. The van der Waals surface area contributed by atoms with Crippen molar-refractivity contribution in [3.63, 3.8) is 0 Å². The lowest BCUT2D eigenvalue weighted by molar-refractivity contribution is 0.0976. The number of sulfone groups is 1. The van der Waals surface area contributed by atoms with Gasteiger partial charge < -0.3 is 25.4 Å². The first-order valence-electron chi connectivity index (χ1n) is 9.61. The standard InChI is InChI=1S/C21H27N5O5S/c1-14(13-30-3)24-19-11-15(21(27)25-18(22)9-10-23-2)12-20(26-19)31-16-5-7-17(8-6-16)32(4,28)29/h5-12,14,23H,13H2,1-4H3,(H,24,26)(H2,22,25,27)/b10-9-. The summed E-state index contributed by atoms with van der Waals surface area (Å²) in [5.41, 5.74) is 0.220. The smallest absolute Gasteiger partial charge is 0.257 e. The van der Waals surface area contributed by atoms with Gasteiger partial charge in [-0.3, -0.25) is 10.2 Å². The van der Waals surface area contributed by atoms with Crippen LogP contribution >= 0.6 is 0 Å². The van der Waals surface area contributed by atoms with Crippen molar-refractivity contribution in [1.82, 2.24) is 15.6 Å². The molecule has 1 heterocycles. The number of ether oxygens (including phenoxy) is 2. The highest BCUT2D eigenvalue weighted by Gasteiger charge is 2.14. The van der Waals surface area contributed by atoms with Crippen LogP contribution in [0.2, 0.25) is 0 Å². The molecule has 172 valence electrons. The Kier molecular flexibility index (Phi) is 8.73. The number of amidine groups is 1. The van der Waals surface area contributed by atoms with E-state index in [1.807, 2.05) is 6.92 Å². The van der Waals surface area contributed by atoms with E-state index in [-0.39, 0.29) is 28.2 Å². The zero-order chi connectivity index (χ0) is 23.7. The molecule has 0 saturated heterocycles. The Hall–Kier alpha value is -3.44. The van der Waals surface area contributed by atoms with Crippen molar-refractivity contribution in [3.8, 4) is 11.6 Å².